The largest absolute Gasteiger partial charge is 0.338 e. The number of carbonyl (C=O) groups excluding carboxylic acids is 1. The smallest absolute Gasteiger partial charge is 0.261 e. The molecule has 0 unspecified atom stereocenters. The molecule has 2 heterocycles. The highest BCUT2D eigenvalue weighted by Gasteiger charge is 2.25. The van der Waals surface area contributed by atoms with Crippen molar-refractivity contribution in [3.63, 3.8) is 0 Å². The second-order valence-corrected chi connectivity index (χ2v) is 6.26. The van der Waals surface area contributed by atoms with Gasteiger partial charge in [0.25, 0.3) is 5.56 Å². The summed E-state index contributed by atoms with van der Waals surface area (Å²) in [4.78, 5) is 31.6. The number of hydrogen-bond donors (Lipinski definition) is 1. The first-order chi connectivity index (χ1) is 11.7. The lowest BCUT2D eigenvalue weighted by Gasteiger charge is -2.34. The van der Waals surface area contributed by atoms with Gasteiger partial charge in [-0.25, -0.2) is 4.98 Å². The van der Waals surface area contributed by atoms with Crippen molar-refractivity contribution < 1.29 is 4.79 Å². The van der Waals surface area contributed by atoms with E-state index in [9.17, 15) is 9.59 Å². The Labute approximate surface area is 153 Å². The van der Waals surface area contributed by atoms with Gasteiger partial charge < -0.3 is 10.2 Å². The number of hydrogen-bond acceptors (Lipinski definition) is 4. The van der Waals surface area contributed by atoms with Crippen LogP contribution in [-0.4, -0.2) is 46.0 Å². The summed E-state index contributed by atoms with van der Waals surface area (Å²) in [6, 6.07) is 7.49. The van der Waals surface area contributed by atoms with E-state index in [1.54, 1.807) is 12.1 Å². The van der Waals surface area contributed by atoms with E-state index in [4.69, 9.17) is 0 Å². The van der Waals surface area contributed by atoms with E-state index in [0.717, 1.165) is 38.9 Å². The van der Waals surface area contributed by atoms with Gasteiger partial charge in [0.05, 0.1) is 17.2 Å². The fraction of sp³-hybridized carbons (Fsp3) is 0.500. The van der Waals surface area contributed by atoms with Crippen molar-refractivity contribution in [1.82, 2.24) is 19.8 Å². The van der Waals surface area contributed by atoms with E-state index in [1.807, 2.05) is 17.0 Å². The number of rotatable bonds is 5. The van der Waals surface area contributed by atoms with Crippen LogP contribution in [0.4, 0.5) is 0 Å². The van der Waals surface area contributed by atoms with E-state index in [1.165, 1.54) is 10.9 Å². The van der Waals surface area contributed by atoms with Gasteiger partial charge in [-0.3, -0.25) is 14.2 Å². The maximum atomic E-state index is 12.8. The Morgan fingerprint density at radius 1 is 1.32 bits per heavy atom. The lowest BCUT2D eigenvalue weighted by molar-refractivity contribution is -0.134. The third kappa shape index (κ3) is 4.38. The molecule has 0 atom stereocenters. The maximum absolute atomic E-state index is 12.8. The lowest BCUT2D eigenvalue weighted by atomic mass is 10.0. The standard InChI is InChI=1S/C18H24N4O2.ClH/c1-2-11-22(14-7-9-19-10-8-14)17(23)12-21-13-20-16-6-4-3-5-15(16)18(21)24;/h3-6,13-14,19H,2,7-12H2,1H3;1H. The predicted octanol–water partition coefficient (Wildman–Crippen LogP) is 1.81. The molecule has 1 N–H and O–H groups in total. The van der Waals surface area contributed by atoms with Gasteiger partial charge in [-0.2, -0.15) is 0 Å². The van der Waals surface area contributed by atoms with Gasteiger partial charge in [0.1, 0.15) is 6.54 Å². The highest BCUT2D eigenvalue weighted by atomic mass is 35.5. The molecule has 136 valence electrons. The molecule has 3 rings (SSSR count). The molecule has 1 aliphatic rings. The minimum atomic E-state index is -0.157. The SMILES string of the molecule is CCCN(C(=O)Cn1cnc2ccccc2c1=O)C1CCNCC1.Cl. The molecule has 0 bridgehead atoms. The Hall–Kier alpha value is -1.92. The summed E-state index contributed by atoms with van der Waals surface area (Å²) in [6.07, 6.45) is 4.34. The minimum absolute atomic E-state index is 0. The molecule has 1 aromatic carbocycles. The van der Waals surface area contributed by atoms with Crippen molar-refractivity contribution in [3.8, 4) is 0 Å². The highest BCUT2D eigenvalue weighted by Crippen LogP contribution is 2.13. The van der Waals surface area contributed by atoms with E-state index >= 15 is 0 Å². The van der Waals surface area contributed by atoms with Crippen LogP contribution in [0.5, 0.6) is 0 Å². The monoisotopic (exact) mass is 364 g/mol. The summed E-state index contributed by atoms with van der Waals surface area (Å²) < 4.78 is 1.43. The van der Waals surface area contributed by atoms with Crippen LogP contribution in [0, 0.1) is 0 Å². The van der Waals surface area contributed by atoms with Crippen LogP contribution in [-0.2, 0) is 11.3 Å². The molecule has 0 aliphatic carbocycles. The van der Waals surface area contributed by atoms with Crippen LogP contribution < -0.4 is 10.9 Å². The molecule has 0 spiro atoms. The Kier molecular flexibility index (Phi) is 6.96. The van der Waals surface area contributed by atoms with Gasteiger partial charge in [-0.05, 0) is 44.5 Å². The molecule has 1 saturated heterocycles. The van der Waals surface area contributed by atoms with Crippen molar-refractivity contribution in [2.24, 2.45) is 0 Å². The summed E-state index contributed by atoms with van der Waals surface area (Å²) in [5.41, 5.74) is 0.505. The zero-order valence-electron chi connectivity index (χ0n) is 14.5. The molecule has 0 radical (unpaired) electrons. The van der Waals surface area contributed by atoms with Gasteiger partial charge in [-0.15, -0.1) is 12.4 Å². The molecular formula is C18H25ClN4O2. The van der Waals surface area contributed by atoms with Gasteiger partial charge in [0.2, 0.25) is 5.91 Å². The number of nitrogens with one attached hydrogen (secondary N) is 1. The van der Waals surface area contributed by atoms with Gasteiger partial charge in [-0.1, -0.05) is 19.1 Å². The quantitative estimate of drug-likeness (QED) is 0.878. The Balaban J connectivity index is 0.00000225. The van der Waals surface area contributed by atoms with Gasteiger partial charge >= 0.3 is 0 Å². The minimum Gasteiger partial charge on any atom is -0.338 e. The molecule has 25 heavy (non-hydrogen) atoms. The molecule has 1 aliphatic heterocycles. The molecule has 1 fully saturated rings. The molecule has 7 heteroatoms. The van der Waals surface area contributed by atoms with Gasteiger partial charge in [0.15, 0.2) is 0 Å². The summed E-state index contributed by atoms with van der Waals surface area (Å²) in [5.74, 6) is 0.00271. The summed E-state index contributed by atoms with van der Waals surface area (Å²) in [6.45, 7) is 4.75. The lowest BCUT2D eigenvalue weighted by Crippen LogP contribution is -2.48. The second kappa shape index (κ2) is 8.97. The number of nitrogens with zero attached hydrogens (tertiary/aromatic N) is 3. The molecular weight excluding hydrogens is 340 g/mol. The normalized spacial score (nSPS) is 14.9. The topological polar surface area (TPSA) is 67.2 Å². The first-order valence-corrected chi connectivity index (χ1v) is 8.65. The molecule has 2 aromatic rings. The average molecular weight is 365 g/mol. The third-order valence-electron chi connectivity index (χ3n) is 4.57. The number of benzene rings is 1. The van der Waals surface area contributed by atoms with Gasteiger partial charge in [0, 0.05) is 12.6 Å². The Bertz CT molecular complexity index is 771. The van der Waals surface area contributed by atoms with E-state index in [-0.39, 0.29) is 36.5 Å². The van der Waals surface area contributed by atoms with Crippen molar-refractivity contribution >= 4 is 29.2 Å². The maximum Gasteiger partial charge on any atom is 0.261 e. The van der Waals surface area contributed by atoms with Crippen LogP contribution in [0.2, 0.25) is 0 Å². The average Bonchev–Trinajstić information content (AvgIpc) is 2.63. The fourth-order valence-electron chi connectivity index (χ4n) is 3.33. The van der Waals surface area contributed by atoms with E-state index < -0.39 is 0 Å². The van der Waals surface area contributed by atoms with Crippen molar-refractivity contribution in [2.75, 3.05) is 19.6 Å². The number of aromatic nitrogens is 2. The number of amides is 1. The summed E-state index contributed by atoms with van der Waals surface area (Å²) in [7, 11) is 0. The number of para-hydroxylation sites is 1. The van der Waals surface area contributed by atoms with Crippen molar-refractivity contribution in [1.29, 1.82) is 0 Å². The third-order valence-corrected chi connectivity index (χ3v) is 4.57. The summed E-state index contributed by atoms with van der Waals surface area (Å²) in [5, 5.41) is 3.88. The number of fused-ring (bicyclic) bond motifs is 1. The number of piperidine rings is 1. The van der Waals surface area contributed by atoms with Crippen LogP contribution in [0.3, 0.4) is 0 Å². The van der Waals surface area contributed by atoms with E-state index in [0.29, 0.717) is 10.9 Å². The summed E-state index contributed by atoms with van der Waals surface area (Å²) >= 11 is 0. The first-order valence-electron chi connectivity index (χ1n) is 8.65. The molecule has 0 saturated carbocycles. The van der Waals surface area contributed by atoms with E-state index in [2.05, 4.69) is 17.2 Å². The van der Waals surface area contributed by atoms with Crippen LogP contribution in [0.1, 0.15) is 26.2 Å². The van der Waals surface area contributed by atoms with Crippen LogP contribution >= 0.6 is 12.4 Å². The van der Waals surface area contributed by atoms with Crippen LogP contribution in [0.25, 0.3) is 10.9 Å². The zero-order valence-corrected chi connectivity index (χ0v) is 15.3. The second-order valence-electron chi connectivity index (χ2n) is 6.26. The molecule has 6 nitrogen and oxygen atoms in total. The predicted molar refractivity (Wildman–Crippen MR) is 101 cm³/mol. The zero-order chi connectivity index (χ0) is 16.9. The Morgan fingerprint density at radius 2 is 2.04 bits per heavy atom. The van der Waals surface area contributed by atoms with Crippen molar-refractivity contribution in [2.45, 2.75) is 38.8 Å². The number of halogens is 1. The molecule has 1 amide bonds. The Morgan fingerprint density at radius 3 is 2.76 bits per heavy atom. The fourth-order valence-corrected chi connectivity index (χ4v) is 3.33. The first kappa shape index (κ1) is 19.4. The van der Waals surface area contributed by atoms with Crippen molar-refractivity contribution in [3.05, 3.63) is 40.9 Å². The number of carbonyl (C=O) groups is 1. The highest BCUT2D eigenvalue weighted by molar-refractivity contribution is 5.85. The van der Waals surface area contributed by atoms with Crippen LogP contribution in [0.15, 0.2) is 35.4 Å². The molecule has 1 aromatic heterocycles.